The van der Waals surface area contributed by atoms with Gasteiger partial charge in [-0.15, -0.1) is 0 Å². The molecule has 3 aliphatic rings. The van der Waals surface area contributed by atoms with Crippen LogP contribution in [0, 0.1) is 5.92 Å². The molecule has 0 atom stereocenters. The number of amides is 3. The van der Waals surface area contributed by atoms with Gasteiger partial charge in [0.15, 0.2) is 0 Å². The first-order valence-electron chi connectivity index (χ1n) is 14.7. The molecule has 1 aromatic heterocycles. The number of aryl methyl sites for hydroxylation is 1. The van der Waals surface area contributed by atoms with E-state index in [1.54, 1.807) is 4.68 Å². The SMILES string of the molecule is Cn1nc(C(C)(C)C)cc1C(=O)N1CCCN(c2ccc(C(=O)N3CCCNCC3)cc2NC(=O)C2CC2)CC1. The number of nitrogens with zero attached hydrogens (tertiary/aromatic N) is 5. The number of carbonyl (C=O) groups is 3. The normalized spacial score (nSPS) is 18.8. The number of benzene rings is 1. The van der Waals surface area contributed by atoms with E-state index in [1.807, 2.05) is 41.1 Å². The highest BCUT2D eigenvalue weighted by Crippen LogP contribution is 2.34. The van der Waals surface area contributed by atoms with Crippen LogP contribution in [-0.4, -0.2) is 89.7 Å². The second kappa shape index (κ2) is 11.6. The lowest BCUT2D eigenvalue weighted by Crippen LogP contribution is -2.36. The molecular formula is C30H43N7O3. The molecule has 216 valence electrons. The average molecular weight is 550 g/mol. The van der Waals surface area contributed by atoms with Gasteiger partial charge in [0.25, 0.3) is 11.8 Å². The topological polar surface area (TPSA) is 103 Å². The van der Waals surface area contributed by atoms with E-state index in [0.29, 0.717) is 43.1 Å². The van der Waals surface area contributed by atoms with E-state index in [2.05, 4.69) is 41.4 Å². The van der Waals surface area contributed by atoms with Crippen LogP contribution in [0.4, 0.5) is 11.4 Å². The van der Waals surface area contributed by atoms with Gasteiger partial charge < -0.3 is 25.3 Å². The molecular weight excluding hydrogens is 506 g/mol. The lowest BCUT2D eigenvalue weighted by Gasteiger charge is -2.27. The molecule has 3 amide bonds. The molecule has 0 bridgehead atoms. The Morgan fingerprint density at radius 1 is 0.900 bits per heavy atom. The number of hydrogen-bond donors (Lipinski definition) is 2. The minimum Gasteiger partial charge on any atom is -0.368 e. The van der Waals surface area contributed by atoms with Crippen molar-refractivity contribution in [1.29, 1.82) is 0 Å². The van der Waals surface area contributed by atoms with Crippen molar-refractivity contribution in [3.63, 3.8) is 0 Å². The maximum absolute atomic E-state index is 13.5. The van der Waals surface area contributed by atoms with Crippen molar-refractivity contribution in [2.45, 2.75) is 51.9 Å². The summed E-state index contributed by atoms with van der Waals surface area (Å²) in [6, 6.07) is 7.58. The summed E-state index contributed by atoms with van der Waals surface area (Å²) in [6.07, 6.45) is 3.54. The van der Waals surface area contributed by atoms with Crippen LogP contribution in [0.25, 0.3) is 0 Å². The Hall–Kier alpha value is -3.40. The van der Waals surface area contributed by atoms with Gasteiger partial charge in [-0.1, -0.05) is 20.8 Å². The summed E-state index contributed by atoms with van der Waals surface area (Å²) in [4.78, 5) is 45.7. The smallest absolute Gasteiger partial charge is 0.272 e. The molecule has 0 radical (unpaired) electrons. The molecule has 10 heteroatoms. The Labute approximate surface area is 237 Å². The molecule has 1 aromatic carbocycles. The standard InChI is InChI=1S/C30H43N7O3/c1-30(2,3)26-20-25(34(4)33-26)29(40)37-15-6-14-35(17-18-37)24-10-9-22(19-23(24)32-27(38)21-7-8-21)28(39)36-13-5-11-31-12-16-36/h9-10,19-21,31H,5-8,11-18H2,1-4H3,(H,32,38). The van der Waals surface area contributed by atoms with Crippen LogP contribution in [-0.2, 0) is 17.3 Å². The van der Waals surface area contributed by atoms with Crippen LogP contribution >= 0.6 is 0 Å². The third kappa shape index (κ3) is 6.32. The van der Waals surface area contributed by atoms with Gasteiger partial charge in [0.1, 0.15) is 5.69 Å². The van der Waals surface area contributed by atoms with Gasteiger partial charge in [0.2, 0.25) is 5.91 Å². The van der Waals surface area contributed by atoms with Crippen molar-refractivity contribution in [3.8, 4) is 0 Å². The Balaban J connectivity index is 1.34. The van der Waals surface area contributed by atoms with Crippen molar-refractivity contribution >= 4 is 29.1 Å². The Bertz CT molecular complexity index is 1250. The molecule has 5 rings (SSSR count). The van der Waals surface area contributed by atoms with Gasteiger partial charge >= 0.3 is 0 Å². The van der Waals surface area contributed by atoms with Gasteiger partial charge in [-0.3, -0.25) is 19.1 Å². The van der Waals surface area contributed by atoms with Crippen LogP contribution in [0.2, 0.25) is 0 Å². The monoisotopic (exact) mass is 549 g/mol. The maximum Gasteiger partial charge on any atom is 0.272 e. The van der Waals surface area contributed by atoms with E-state index >= 15 is 0 Å². The van der Waals surface area contributed by atoms with Gasteiger partial charge in [0.05, 0.1) is 17.1 Å². The van der Waals surface area contributed by atoms with E-state index in [0.717, 1.165) is 63.2 Å². The maximum atomic E-state index is 13.5. The molecule has 3 heterocycles. The van der Waals surface area contributed by atoms with Crippen LogP contribution in [0.15, 0.2) is 24.3 Å². The summed E-state index contributed by atoms with van der Waals surface area (Å²) >= 11 is 0. The molecule has 0 unspecified atom stereocenters. The summed E-state index contributed by atoms with van der Waals surface area (Å²) in [5.74, 6) is 0.0541. The third-order valence-electron chi connectivity index (χ3n) is 8.07. The molecule has 2 saturated heterocycles. The summed E-state index contributed by atoms with van der Waals surface area (Å²) in [5.41, 5.74) is 3.53. The largest absolute Gasteiger partial charge is 0.368 e. The van der Waals surface area contributed by atoms with Crippen molar-refractivity contribution < 1.29 is 14.4 Å². The van der Waals surface area contributed by atoms with E-state index < -0.39 is 0 Å². The van der Waals surface area contributed by atoms with E-state index in [1.165, 1.54) is 0 Å². The minimum absolute atomic E-state index is 0.00406. The van der Waals surface area contributed by atoms with E-state index in [-0.39, 0.29) is 29.1 Å². The Morgan fingerprint density at radius 3 is 2.38 bits per heavy atom. The summed E-state index contributed by atoms with van der Waals surface area (Å²) < 4.78 is 1.69. The molecule has 2 aliphatic heterocycles. The average Bonchev–Trinajstić information content (AvgIpc) is 3.75. The number of hydrogen-bond acceptors (Lipinski definition) is 6. The van der Waals surface area contributed by atoms with Crippen LogP contribution in [0.5, 0.6) is 0 Å². The number of anilines is 2. The quantitative estimate of drug-likeness (QED) is 0.595. The van der Waals surface area contributed by atoms with Crippen LogP contribution in [0.3, 0.4) is 0 Å². The molecule has 0 spiro atoms. The van der Waals surface area contributed by atoms with Gasteiger partial charge in [0, 0.05) is 69.8 Å². The molecule has 1 aliphatic carbocycles. The van der Waals surface area contributed by atoms with Crippen LogP contribution in [0.1, 0.15) is 73.0 Å². The molecule has 2 N–H and O–H groups in total. The van der Waals surface area contributed by atoms with E-state index in [4.69, 9.17) is 0 Å². The predicted molar refractivity (Wildman–Crippen MR) is 156 cm³/mol. The fourth-order valence-electron chi connectivity index (χ4n) is 5.41. The summed E-state index contributed by atoms with van der Waals surface area (Å²) in [7, 11) is 1.83. The van der Waals surface area contributed by atoms with Gasteiger partial charge in [-0.2, -0.15) is 5.10 Å². The lowest BCUT2D eigenvalue weighted by atomic mass is 9.92. The van der Waals surface area contributed by atoms with Gasteiger partial charge in [-0.25, -0.2) is 0 Å². The first-order valence-corrected chi connectivity index (χ1v) is 14.7. The number of aromatic nitrogens is 2. The van der Waals surface area contributed by atoms with E-state index in [9.17, 15) is 14.4 Å². The summed E-state index contributed by atoms with van der Waals surface area (Å²) in [5, 5.41) is 11.1. The fraction of sp³-hybridized carbons (Fsp3) is 0.600. The molecule has 40 heavy (non-hydrogen) atoms. The number of carbonyl (C=O) groups excluding carboxylic acids is 3. The second-order valence-corrected chi connectivity index (χ2v) is 12.3. The Kier molecular flexibility index (Phi) is 8.16. The zero-order chi connectivity index (χ0) is 28.4. The fourth-order valence-corrected chi connectivity index (χ4v) is 5.41. The zero-order valence-corrected chi connectivity index (χ0v) is 24.3. The third-order valence-corrected chi connectivity index (χ3v) is 8.07. The molecule has 10 nitrogen and oxygen atoms in total. The van der Waals surface area contributed by atoms with Crippen molar-refractivity contribution in [3.05, 3.63) is 41.2 Å². The number of rotatable bonds is 5. The van der Waals surface area contributed by atoms with Crippen molar-refractivity contribution in [1.82, 2.24) is 24.9 Å². The highest BCUT2D eigenvalue weighted by molar-refractivity contribution is 6.01. The number of nitrogens with one attached hydrogen (secondary N) is 2. The highest BCUT2D eigenvalue weighted by atomic mass is 16.2. The molecule has 3 fully saturated rings. The highest BCUT2D eigenvalue weighted by Gasteiger charge is 2.31. The molecule has 1 saturated carbocycles. The first kappa shape index (κ1) is 28.1. The van der Waals surface area contributed by atoms with Crippen molar-refractivity contribution in [2.24, 2.45) is 13.0 Å². The molecule has 2 aromatic rings. The summed E-state index contributed by atoms with van der Waals surface area (Å²) in [6.45, 7) is 12.0. The zero-order valence-electron chi connectivity index (χ0n) is 24.3. The lowest BCUT2D eigenvalue weighted by molar-refractivity contribution is -0.117. The minimum atomic E-state index is -0.134. The second-order valence-electron chi connectivity index (χ2n) is 12.3. The predicted octanol–water partition coefficient (Wildman–Crippen LogP) is 2.85. The van der Waals surface area contributed by atoms with Crippen molar-refractivity contribution in [2.75, 3.05) is 62.6 Å². The first-order chi connectivity index (χ1) is 19.1. The van der Waals surface area contributed by atoms with Gasteiger partial charge in [-0.05, 0) is 56.5 Å². The van der Waals surface area contributed by atoms with Crippen LogP contribution < -0.4 is 15.5 Å². The Morgan fingerprint density at radius 2 is 1.65 bits per heavy atom.